The van der Waals surface area contributed by atoms with Gasteiger partial charge in [0, 0.05) is 43.0 Å². The summed E-state index contributed by atoms with van der Waals surface area (Å²) in [4.78, 5) is 36.8. The number of nitrogens with zero attached hydrogens (tertiary/aromatic N) is 3. The number of nitrogens with one attached hydrogen (secondary N) is 1. The zero-order valence-corrected chi connectivity index (χ0v) is 23.5. The number of likely N-dealkylation sites (tertiary alicyclic amines) is 1. The van der Waals surface area contributed by atoms with Gasteiger partial charge in [0.15, 0.2) is 0 Å². The van der Waals surface area contributed by atoms with E-state index >= 15 is 0 Å². The van der Waals surface area contributed by atoms with E-state index in [-0.39, 0.29) is 19.1 Å². The number of ether oxygens (including phenoxy) is 1. The van der Waals surface area contributed by atoms with Gasteiger partial charge in [-0.05, 0) is 93.8 Å². The van der Waals surface area contributed by atoms with Crippen molar-refractivity contribution in [2.45, 2.75) is 78.2 Å². The predicted octanol–water partition coefficient (Wildman–Crippen LogP) is 6.69. The van der Waals surface area contributed by atoms with Crippen LogP contribution in [0, 0.1) is 12.8 Å². The number of aromatic nitrogens is 2. The highest BCUT2D eigenvalue weighted by Gasteiger charge is 2.44. The molecule has 1 N–H and O–H groups in total. The van der Waals surface area contributed by atoms with Crippen LogP contribution < -0.4 is 0 Å². The van der Waals surface area contributed by atoms with Crippen molar-refractivity contribution in [2.24, 2.45) is 5.92 Å². The Hall–Kier alpha value is -3.56. The van der Waals surface area contributed by atoms with Crippen LogP contribution in [-0.4, -0.2) is 56.6 Å². The lowest BCUT2D eigenvalue weighted by molar-refractivity contribution is -0.186. The lowest BCUT2D eigenvalue weighted by atomic mass is 9.86. The van der Waals surface area contributed by atoms with E-state index in [1.54, 1.807) is 11.1 Å². The quantitative estimate of drug-likeness (QED) is 0.390. The summed E-state index contributed by atoms with van der Waals surface area (Å²) in [7, 11) is 0. The van der Waals surface area contributed by atoms with Crippen LogP contribution in [0.25, 0.3) is 22.2 Å². The fourth-order valence-electron chi connectivity index (χ4n) is 5.69. The second kappa shape index (κ2) is 10.1. The van der Waals surface area contributed by atoms with Gasteiger partial charge in [0.2, 0.25) is 5.91 Å². The van der Waals surface area contributed by atoms with Crippen molar-refractivity contribution >= 4 is 23.0 Å². The van der Waals surface area contributed by atoms with Crippen molar-refractivity contribution in [3.63, 3.8) is 0 Å². The molecule has 2 atom stereocenters. The number of rotatable bonds is 3. The van der Waals surface area contributed by atoms with E-state index in [4.69, 9.17) is 4.74 Å². The van der Waals surface area contributed by atoms with Gasteiger partial charge in [-0.1, -0.05) is 6.07 Å². The minimum absolute atomic E-state index is 0.0665. The average molecular weight is 557 g/mol. The number of carbonyl (C=O) groups is 2. The van der Waals surface area contributed by atoms with Gasteiger partial charge in [0.05, 0.1) is 6.04 Å². The first-order valence-electron chi connectivity index (χ1n) is 13.7. The standard InChI is InChI=1S/C30H35F3N4O3/c1-17-14-34-26-22(17)13-21(15-35-26)20-11-19-8-10-36(27(38)18(2)30(31,32)33)16-24(19)23(12-20)25-7-6-9-37(25)28(39)40-29(3,4)5/h11-15,18,25H,6-10,16H2,1-5H3,(H,34,35)/t18-,25+/m1/s1. The Morgan fingerprint density at radius 1 is 1.12 bits per heavy atom. The van der Waals surface area contributed by atoms with Gasteiger partial charge < -0.3 is 19.5 Å². The van der Waals surface area contributed by atoms with Gasteiger partial charge in [-0.15, -0.1) is 0 Å². The predicted molar refractivity (Wildman–Crippen MR) is 146 cm³/mol. The Morgan fingerprint density at radius 3 is 2.58 bits per heavy atom. The zero-order chi connectivity index (χ0) is 29.0. The molecule has 1 fully saturated rings. The lowest BCUT2D eigenvalue weighted by Crippen LogP contribution is -2.44. The first kappa shape index (κ1) is 28.0. The topological polar surface area (TPSA) is 78.5 Å². The number of aryl methyl sites for hydroxylation is 1. The van der Waals surface area contributed by atoms with E-state index in [1.807, 2.05) is 46.0 Å². The number of hydrogen-bond acceptors (Lipinski definition) is 4. The van der Waals surface area contributed by atoms with Crippen LogP contribution >= 0.6 is 0 Å². The molecular formula is C30H35F3N4O3. The third-order valence-corrected chi connectivity index (χ3v) is 7.86. The van der Waals surface area contributed by atoms with E-state index in [9.17, 15) is 22.8 Å². The molecule has 7 nitrogen and oxygen atoms in total. The molecule has 2 aliphatic rings. The van der Waals surface area contributed by atoms with Crippen LogP contribution in [0.15, 0.2) is 30.6 Å². The van der Waals surface area contributed by atoms with E-state index in [0.717, 1.165) is 57.8 Å². The molecule has 2 aromatic heterocycles. The number of alkyl halides is 3. The maximum absolute atomic E-state index is 13.4. The third kappa shape index (κ3) is 5.40. The summed E-state index contributed by atoms with van der Waals surface area (Å²) in [6.45, 7) is 9.15. The van der Waals surface area contributed by atoms with Crippen LogP contribution in [-0.2, 0) is 22.5 Å². The molecule has 4 heterocycles. The van der Waals surface area contributed by atoms with Crippen molar-refractivity contribution < 1.29 is 27.5 Å². The highest BCUT2D eigenvalue weighted by atomic mass is 19.4. The average Bonchev–Trinajstić information content (AvgIpc) is 3.52. The summed E-state index contributed by atoms with van der Waals surface area (Å²) in [5.74, 6) is -3.01. The Balaban J connectivity index is 1.58. The molecule has 0 aliphatic carbocycles. The normalized spacial score (nSPS) is 18.6. The largest absolute Gasteiger partial charge is 0.444 e. The van der Waals surface area contributed by atoms with Crippen LogP contribution in [0.1, 0.15) is 68.8 Å². The number of fused-ring (bicyclic) bond motifs is 2. The summed E-state index contributed by atoms with van der Waals surface area (Å²) < 4.78 is 45.9. The van der Waals surface area contributed by atoms with Crippen molar-refractivity contribution in [3.8, 4) is 11.1 Å². The Bertz CT molecular complexity index is 1460. The molecule has 0 spiro atoms. The van der Waals surface area contributed by atoms with E-state index in [1.165, 1.54) is 4.90 Å². The summed E-state index contributed by atoms with van der Waals surface area (Å²) in [5.41, 5.74) is 5.65. The first-order chi connectivity index (χ1) is 18.7. The molecule has 0 bridgehead atoms. The second-order valence-corrected chi connectivity index (χ2v) is 11.9. The highest BCUT2D eigenvalue weighted by molar-refractivity contribution is 5.85. The number of benzene rings is 1. The molecule has 3 aromatic rings. The van der Waals surface area contributed by atoms with Gasteiger partial charge in [-0.3, -0.25) is 4.79 Å². The third-order valence-electron chi connectivity index (χ3n) is 7.86. The summed E-state index contributed by atoms with van der Waals surface area (Å²) in [6.07, 6.45) is 0.561. The Kier molecular flexibility index (Phi) is 7.08. The molecule has 0 saturated carbocycles. The maximum Gasteiger partial charge on any atom is 0.410 e. The molecule has 0 unspecified atom stereocenters. The molecule has 214 valence electrons. The number of amides is 2. The van der Waals surface area contributed by atoms with Crippen LogP contribution in [0.2, 0.25) is 0 Å². The molecule has 10 heteroatoms. The van der Waals surface area contributed by atoms with E-state index in [2.05, 4.69) is 16.0 Å². The summed E-state index contributed by atoms with van der Waals surface area (Å²) >= 11 is 0. The molecular weight excluding hydrogens is 521 g/mol. The number of aromatic amines is 1. The molecule has 1 aromatic carbocycles. The SMILES string of the molecule is Cc1c[nH]c2ncc(-c3cc4c(c([C@@H]5CCCN5C(=O)OC(C)(C)C)c3)CN(C(=O)[C@@H](C)C(F)(F)F)CC4)cc12. The molecule has 0 radical (unpaired) electrons. The fraction of sp³-hybridized carbons (Fsp3) is 0.500. The van der Waals surface area contributed by atoms with Crippen LogP contribution in [0.5, 0.6) is 0 Å². The van der Waals surface area contributed by atoms with Crippen molar-refractivity contribution in [1.82, 2.24) is 19.8 Å². The second-order valence-electron chi connectivity index (χ2n) is 11.9. The summed E-state index contributed by atoms with van der Waals surface area (Å²) in [6, 6.07) is 5.82. The number of halogens is 3. The Labute approximate surface area is 231 Å². The molecule has 1 saturated heterocycles. The van der Waals surface area contributed by atoms with Gasteiger partial charge in [0.1, 0.15) is 17.2 Å². The first-order valence-corrected chi connectivity index (χ1v) is 13.7. The van der Waals surface area contributed by atoms with Gasteiger partial charge in [0.25, 0.3) is 0 Å². The smallest absolute Gasteiger partial charge is 0.410 e. The van der Waals surface area contributed by atoms with Crippen molar-refractivity contribution in [2.75, 3.05) is 13.1 Å². The van der Waals surface area contributed by atoms with Crippen molar-refractivity contribution in [1.29, 1.82) is 0 Å². The minimum atomic E-state index is -4.61. The molecule has 40 heavy (non-hydrogen) atoms. The lowest BCUT2D eigenvalue weighted by Gasteiger charge is -2.36. The molecule has 2 amide bonds. The van der Waals surface area contributed by atoms with Crippen molar-refractivity contribution in [3.05, 3.63) is 52.8 Å². The van der Waals surface area contributed by atoms with Gasteiger partial charge in [-0.25, -0.2) is 9.78 Å². The van der Waals surface area contributed by atoms with E-state index in [0.29, 0.717) is 19.4 Å². The molecule has 5 rings (SSSR count). The highest BCUT2D eigenvalue weighted by Crippen LogP contribution is 2.41. The van der Waals surface area contributed by atoms with Crippen LogP contribution in [0.3, 0.4) is 0 Å². The Morgan fingerprint density at radius 2 is 1.88 bits per heavy atom. The zero-order valence-electron chi connectivity index (χ0n) is 23.5. The number of pyridine rings is 1. The van der Waals surface area contributed by atoms with E-state index < -0.39 is 29.7 Å². The molecule has 2 aliphatic heterocycles. The van der Waals surface area contributed by atoms with Gasteiger partial charge >= 0.3 is 12.3 Å². The number of carbonyl (C=O) groups excluding carboxylic acids is 2. The van der Waals surface area contributed by atoms with Crippen LogP contribution in [0.4, 0.5) is 18.0 Å². The number of hydrogen-bond donors (Lipinski definition) is 1. The summed E-state index contributed by atoms with van der Waals surface area (Å²) in [5, 5.41) is 1.01. The minimum Gasteiger partial charge on any atom is -0.444 e. The maximum atomic E-state index is 13.4. The number of H-pyrrole nitrogens is 1. The fourth-order valence-corrected chi connectivity index (χ4v) is 5.69. The monoisotopic (exact) mass is 556 g/mol. The van der Waals surface area contributed by atoms with Gasteiger partial charge in [-0.2, -0.15) is 13.2 Å².